The van der Waals surface area contributed by atoms with E-state index in [4.69, 9.17) is 0 Å². The van der Waals surface area contributed by atoms with E-state index in [0.29, 0.717) is 5.91 Å². The summed E-state index contributed by atoms with van der Waals surface area (Å²) < 4.78 is 0. The molecule has 2 aliphatic rings. The van der Waals surface area contributed by atoms with E-state index in [1.54, 1.807) is 0 Å². The molecule has 0 atom stereocenters. The largest absolute Gasteiger partial charge is 0.354 e. The molecule has 1 saturated carbocycles. The van der Waals surface area contributed by atoms with Crippen LogP contribution >= 0.6 is 0 Å². The average molecular weight is 937 g/mol. The van der Waals surface area contributed by atoms with E-state index in [0.717, 1.165) is 90.1 Å². The third-order valence-electron chi connectivity index (χ3n) is 15.8. The predicted molar refractivity (Wildman–Crippen MR) is 295 cm³/mol. The molecule has 1 aliphatic heterocycles. The first-order valence-corrected chi connectivity index (χ1v) is 30.7. The van der Waals surface area contributed by atoms with Gasteiger partial charge in [0, 0.05) is 19.0 Å². The number of carbonyl (C=O) groups is 2. The van der Waals surface area contributed by atoms with Crippen LogP contribution in [0.5, 0.6) is 0 Å². The summed E-state index contributed by atoms with van der Waals surface area (Å²) >= 11 is 0. The molecule has 392 valence electrons. The lowest BCUT2D eigenvalue weighted by Crippen LogP contribution is -2.65. The zero-order valence-electron chi connectivity index (χ0n) is 45.7. The zero-order chi connectivity index (χ0) is 48.0. The van der Waals surface area contributed by atoms with Gasteiger partial charge in [-0.1, -0.05) is 244 Å². The van der Waals surface area contributed by atoms with Crippen LogP contribution in [-0.2, 0) is 9.59 Å². The summed E-state index contributed by atoms with van der Waals surface area (Å²) in [6, 6.07) is 0. The van der Waals surface area contributed by atoms with Crippen molar-refractivity contribution in [2.75, 3.05) is 32.7 Å². The van der Waals surface area contributed by atoms with Gasteiger partial charge < -0.3 is 15.1 Å². The first-order valence-electron chi connectivity index (χ1n) is 30.7. The highest BCUT2D eigenvalue weighted by Crippen LogP contribution is 2.40. The Balaban J connectivity index is 1.95. The Morgan fingerprint density at radius 3 is 1.37 bits per heavy atom. The van der Waals surface area contributed by atoms with Gasteiger partial charge in [-0.15, -0.1) is 0 Å². The molecule has 5 nitrogen and oxygen atoms in total. The van der Waals surface area contributed by atoms with E-state index in [2.05, 4.69) is 60.2 Å². The highest BCUT2D eigenvalue weighted by molar-refractivity contribution is 5.93. The fraction of sp³-hybridized carbons (Fsp3) is 0.903. The molecule has 1 saturated heterocycles. The number of piperidine rings is 1. The van der Waals surface area contributed by atoms with Gasteiger partial charge in [0.05, 0.1) is 0 Å². The Morgan fingerprint density at radius 2 is 0.896 bits per heavy atom. The number of nitrogens with zero attached hydrogens (tertiary/aromatic N) is 2. The lowest BCUT2D eigenvalue weighted by atomic mass is 9.73. The van der Waals surface area contributed by atoms with E-state index < -0.39 is 5.54 Å². The minimum absolute atomic E-state index is 0.0618. The lowest BCUT2D eigenvalue weighted by Gasteiger charge is -2.50. The maximum atomic E-state index is 15.1. The van der Waals surface area contributed by atoms with Gasteiger partial charge in [0.1, 0.15) is 5.54 Å². The van der Waals surface area contributed by atoms with E-state index in [1.165, 1.54) is 238 Å². The van der Waals surface area contributed by atoms with E-state index >= 15 is 4.79 Å². The topological polar surface area (TPSA) is 52.7 Å². The third-order valence-corrected chi connectivity index (χ3v) is 15.8. The van der Waals surface area contributed by atoms with Gasteiger partial charge in [0.25, 0.3) is 0 Å². The number of rotatable bonds is 49. The van der Waals surface area contributed by atoms with Gasteiger partial charge in [-0.3, -0.25) is 9.59 Å². The van der Waals surface area contributed by atoms with Crippen molar-refractivity contribution in [3.8, 4) is 0 Å². The summed E-state index contributed by atoms with van der Waals surface area (Å²) in [5.74, 6) is 0.542. The maximum absolute atomic E-state index is 15.1. The molecule has 1 heterocycles. The fourth-order valence-electron chi connectivity index (χ4n) is 11.0. The highest BCUT2D eigenvalue weighted by Gasteiger charge is 2.51. The van der Waals surface area contributed by atoms with Gasteiger partial charge in [-0.2, -0.15) is 0 Å². The Hall–Kier alpha value is -1.62. The van der Waals surface area contributed by atoms with Crippen molar-refractivity contribution < 1.29 is 9.59 Å². The predicted octanol–water partition coefficient (Wildman–Crippen LogP) is 18.7. The molecule has 1 N–H and O–H groups in total. The van der Waals surface area contributed by atoms with Crippen molar-refractivity contribution in [3.05, 3.63) is 24.3 Å². The highest BCUT2D eigenvalue weighted by atomic mass is 16.2. The second-order valence-electron chi connectivity index (χ2n) is 21.9. The number of likely N-dealkylation sites (tertiary alicyclic amines) is 1. The minimum Gasteiger partial charge on any atom is -0.354 e. The number of nitrogens with one attached hydrogen (secondary N) is 1. The molecule has 0 spiro atoms. The summed E-state index contributed by atoms with van der Waals surface area (Å²) in [4.78, 5) is 34.4. The molecule has 5 heteroatoms. The number of amides is 2. The van der Waals surface area contributed by atoms with Crippen LogP contribution in [0.1, 0.15) is 316 Å². The first kappa shape index (κ1) is 61.5. The van der Waals surface area contributed by atoms with Gasteiger partial charge >= 0.3 is 0 Å². The molecule has 67 heavy (non-hydrogen) atoms. The minimum atomic E-state index is -0.633. The molecule has 0 bridgehead atoms. The smallest absolute Gasteiger partial charge is 0.245 e. The molecule has 2 fully saturated rings. The van der Waals surface area contributed by atoms with Crippen LogP contribution in [0.15, 0.2) is 24.3 Å². The second kappa shape index (κ2) is 45.5. The maximum Gasteiger partial charge on any atom is 0.245 e. The number of hydrogen-bond acceptors (Lipinski definition) is 3. The molecule has 0 aromatic rings. The first-order chi connectivity index (χ1) is 33.1. The molecular weight excluding hydrogens is 819 g/mol. The summed E-state index contributed by atoms with van der Waals surface area (Å²) in [6.07, 6.45) is 67.2. The van der Waals surface area contributed by atoms with E-state index in [-0.39, 0.29) is 11.8 Å². The van der Waals surface area contributed by atoms with Crippen LogP contribution < -0.4 is 5.32 Å². The standard InChI is InChI=1S/C62H117N3O2/c1-4-7-10-13-16-19-22-25-26-27-30-33-36-39-44-54-63-61(67)62(52-49-53-62)65(58-48-41-47-57-64-55-45-40-46-56-64)60(66)59(50-42-37-34-31-28-23-20-17-14-11-8-5-2)51-43-38-35-32-29-24-21-18-15-12-9-6-3/h16,19,25-26,59H,4-15,17-18,20-24,27-58H2,1-3H3,(H,63,67)/b19-16-,26-25-. The molecule has 0 radical (unpaired) electrons. The average Bonchev–Trinajstić information content (AvgIpc) is 3.33. The Labute approximate surface area is 419 Å². The summed E-state index contributed by atoms with van der Waals surface area (Å²) in [6.45, 7) is 12.1. The van der Waals surface area contributed by atoms with Crippen LogP contribution in [0.2, 0.25) is 0 Å². The molecular formula is C62H117N3O2. The molecule has 2 rings (SSSR count). The third kappa shape index (κ3) is 32.1. The van der Waals surface area contributed by atoms with Crippen molar-refractivity contribution in [2.24, 2.45) is 5.92 Å². The van der Waals surface area contributed by atoms with Gasteiger partial charge in [-0.05, 0) is 116 Å². The van der Waals surface area contributed by atoms with Crippen molar-refractivity contribution in [2.45, 2.75) is 322 Å². The Bertz CT molecular complexity index is 1130. The second-order valence-corrected chi connectivity index (χ2v) is 21.9. The molecule has 0 aromatic carbocycles. The van der Waals surface area contributed by atoms with Crippen LogP contribution in [-0.4, -0.2) is 59.9 Å². The molecule has 0 unspecified atom stereocenters. The summed E-state index contributed by atoms with van der Waals surface area (Å²) in [7, 11) is 0. The Kier molecular flexibility index (Phi) is 41.8. The van der Waals surface area contributed by atoms with E-state index in [9.17, 15) is 4.79 Å². The number of allylic oxidation sites excluding steroid dienone is 4. The fourth-order valence-corrected chi connectivity index (χ4v) is 11.0. The molecule has 2 amide bonds. The van der Waals surface area contributed by atoms with Gasteiger partial charge in [0.2, 0.25) is 11.8 Å². The number of hydrogen-bond donors (Lipinski definition) is 1. The Morgan fingerprint density at radius 1 is 0.478 bits per heavy atom. The van der Waals surface area contributed by atoms with Gasteiger partial charge in [-0.25, -0.2) is 0 Å². The SMILES string of the molecule is CCCCC/C=C\C/C=C\CCCCCCCNC(=O)C1(N(CCCCCN2CCCCC2)C(=O)C(CCCCCCCCCCCCCC)CCCCCCCCCCCCCC)CCC1. The van der Waals surface area contributed by atoms with Crippen molar-refractivity contribution >= 4 is 11.8 Å². The lowest BCUT2D eigenvalue weighted by molar-refractivity contribution is -0.157. The van der Waals surface area contributed by atoms with Gasteiger partial charge in [0.15, 0.2) is 0 Å². The molecule has 0 aromatic heterocycles. The van der Waals surface area contributed by atoms with Crippen molar-refractivity contribution in [3.63, 3.8) is 0 Å². The number of unbranched alkanes of at least 4 members (excludes halogenated alkanes) is 32. The molecule has 1 aliphatic carbocycles. The summed E-state index contributed by atoms with van der Waals surface area (Å²) in [5, 5.41) is 3.42. The monoisotopic (exact) mass is 936 g/mol. The number of carbonyl (C=O) groups excluding carboxylic acids is 2. The van der Waals surface area contributed by atoms with Crippen LogP contribution in [0.4, 0.5) is 0 Å². The van der Waals surface area contributed by atoms with Crippen LogP contribution in [0.25, 0.3) is 0 Å². The summed E-state index contributed by atoms with van der Waals surface area (Å²) in [5.41, 5.74) is -0.633. The quantitative estimate of drug-likeness (QED) is 0.0488. The van der Waals surface area contributed by atoms with Crippen molar-refractivity contribution in [1.82, 2.24) is 15.1 Å². The zero-order valence-corrected chi connectivity index (χ0v) is 45.7. The van der Waals surface area contributed by atoms with E-state index in [1.807, 2.05) is 0 Å². The van der Waals surface area contributed by atoms with Crippen molar-refractivity contribution in [1.29, 1.82) is 0 Å². The van der Waals surface area contributed by atoms with Crippen LogP contribution in [0, 0.1) is 5.92 Å². The van der Waals surface area contributed by atoms with Crippen LogP contribution in [0.3, 0.4) is 0 Å². The normalized spacial score (nSPS) is 15.3.